The average molecular weight is 453 g/mol. The van der Waals surface area contributed by atoms with Crippen molar-refractivity contribution in [3.8, 4) is 11.1 Å². The van der Waals surface area contributed by atoms with E-state index in [4.69, 9.17) is 9.84 Å². The van der Waals surface area contributed by atoms with Crippen LogP contribution in [0.3, 0.4) is 0 Å². The van der Waals surface area contributed by atoms with Crippen LogP contribution >= 0.6 is 0 Å². The minimum Gasteiger partial charge on any atom is -0.481 e. The van der Waals surface area contributed by atoms with Crippen molar-refractivity contribution < 1.29 is 24.2 Å². The summed E-state index contributed by atoms with van der Waals surface area (Å²) in [5.74, 6) is -1.95. The lowest BCUT2D eigenvalue weighted by Crippen LogP contribution is -2.41. The number of ether oxygens (including phenoxy) is 1. The molecule has 1 aliphatic carbocycles. The van der Waals surface area contributed by atoms with E-state index in [1.807, 2.05) is 31.2 Å². The molecule has 0 aromatic heterocycles. The molecule has 2 aromatic rings. The summed E-state index contributed by atoms with van der Waals surface area (Å²) in [5, 5.41) is 14.4. The Kier molecular flexibility index (Phi) is 8.46. The molecule has 3 N–H and O–H groups in total. The largest absolute Gasteiger partial charge is 0.481 e. The van der Waals surface area contributed by atoms with E-state index >= 15 is 0 Å². The fourth-order valence-electron chi connectivity index (χ4n) is 4.13. The molecule has 33 heavy (non-hydrogen) atoms. The highest BCUT2D eigenvalue weighted by Crippen LogP contribution is 2.44. The van der Waals surface area contributed by atoms with Gasteiger partial charge in [0, 0.05) is 24.9 Å². The van der Waals surface area contributed by atoms with E-state index in [9.17, 15) is 14.4 Å². The number of carboxylic acid groups (broad SMARTS) is 1. The topological polar surface area (TPSA) is 105 Å². The van der Waals surface area contributed by atoms with Crippen LogP contribution < -0.4 is 10.6 Å². The van der Waals surface area contributed by atoms with Gasteiger partial charge in [0.1, 0.15) is 6.61 Å². The number of alkyl carbamates (subject to hydrolysis) is 1. The first-order chi connectivity index (χ1) is 15.9. The summed E-state index contributed by atoms with van der Waals surface area (Å²) in [6, 6.07) is 15.9. The normalized spacial score (nSPS) is 14.0. The monoisotopic (exact) mass is 452 g/mol. The summed E-state index contributed by atoms with van der Waals surface area (Å²) in [5.41, 5.74) is 4.60. The second-order valence-electron chi connectivity index (χ2n) is 8.56. The second kappa shape index (κ2) is 11.5. The molecule has 7 heteroatoms. The Bertz CT molecular complexity index is 945. The number of nitrogens with one attached hydrogen (secondary N) is 2. The molecule has 176 valence electrons. The zero-order chi connectivity index (χ0) is 23.8. The van der Waals surface area contributed by atoms with E-state index in [1.54, 1.807) is 0 Å². The molecule has 2 atom stereocenters. The van der Waals surface area contributed by atoms with Crippen LogP contribution in [0.1, 0.15) is 56.6 Å². The van der Waals surface area contributed by atoms with Crippen molar-refractivity contribution in [1.82, 2.24) is 10.6 Å². The third kappa shape index (κ3) is 6.34. The van der Waals surface area contributed by atoms with Gasteiger partial charge in [-0.1, -0.05) is 75.2 Å². The van der Waals surface area contributed by atoms with Crippen molar-refractivity contribution in [2.24, 2.45) is 5.92 Å². The number of amides is 2. The zero-order valence-corrected chi connectivity index (χ0v) is 19.2. The number of hydrogen-bond donors (Lipinski definition) is 3. The number of unbranched alkanes of at least 4 members (excludes halogenated alkanes) is 1. The van der Waals surface area contributed by atoms with Crippen LogP contribution in [0.4, 0.5) is 4.79 Å². The zero-order valence-electron chi connectivity index (χ0n) is 19.2. The van der Waals surface area contributed by atoms with Crippen LogP contribution in [0.25, 0.3) is 11.1 Å². The highest BCUT2D eigenvalue weighted by Gasteiger charge is 2.29. The molecule has 0 fully saturated rings. The summed E-state index contributed by atoms with van der Waals surface area (Å²) >= 11 is 0. The van der Waals surface area contributed by atoms with Gasteiger partial charge in [0.25, 0.3) is 0 Å². The molecule has 3 rings (SSSR count). The summed E-state index contributed by atoms with van der Waals surface area (Å²) in [6.07, 6.45) is 1.96. The Morgan fingerprint density at radius 1 is 1.03 bits per heavy atom. The van der Waals surface area contributed by atoms with Crippen LogP contribution in [0.2, 0.25) is 0 Å². The van der Waals surface area contributed by atoms with Gasteiger partial charge in [0.2, 0.25) is 5.91 Å². The summed E-state index contributed by atoms with van der Waals surface area (Å²) in [7, 11) is 0. The lowest BCUT2D eigenvalue weighted by molar-refractivity contribution is -0.141. The van der Waals surface area contributed by atoms with Crippen molar-refractivity contribution >= 4 is 18.0 Å². The number of carbonyl (C=O) groups is 3. The molecule has 0 radical (unpaired) electrons. The Morgan fingerprint density at radius 2 is 1.64 bits per heavy atom. The maximum absolute atomic E-state index is 12.6. The highest BCUT2D eigenvalue weighted by atomic mass is 16.5. The van der Waals surface area contributed by atoms with Gasteiger partial charge in [-0.3, -0.25) is 9.59 Å². The first-order valence-electron chi connectivity index (χ1n) is 11.5. The van der Waals surface area contributed by atoms with Crippen molar-refractivity contribution in [2.75, 3.05) is 13.2 Å². The predicted molar refractivity (Wildman–Crippen MR) is 126 cm³/mol. The SMILES string of the molecule is CCCC[C@H](CC(=O)NCC(C)C(=O)O)NC(=O)OCC1c2ccccc2-c2ccccc21. The third-order valence-corrected chi connectivity index (χ3v) is 6.03. The molecule has 0 saturated carbocycles. The maximum atomic E-state index is 12.6. The molecule has 2 amide bonds. The number of aliphatic carboxylic acids is 1. The number of fused-ring (bicyclic) bond motifs is 3. The minimum atomic E-state index is -0.963. The Hall–Kier alpha value is -3.35. The van der Waals surface area contributed by atoms with Crippen LogP contribution in [0.5, 0.6) is 0 Å². The first kappa shape index (κ1) is 24.3. The lowest BCUT2D eigenvalue weighted by Gasteiger charge is -2.20. The molecule has 0 heterocycles. The third-order valence-electron chi connectivity index (χ3n) is 6.03. The first-order valence-corrected chi connectivity index (χ1v) is 11.5. The van der Waals surface area contributed by atoms with E-state index in [2.05, 4.69) is 34.9 Å². The molecule has 0 bridgehead atoms. The second-order valence-corrected chi connectivity index (χ2v) is 8.56. The molecule has 0 aliphatic heterocycles. The fraction of sp³-hybridized carbons (Fsp3) is 0.423. The quantitative estimate of drug-likeness (QED) is 0.471. The Balaban J connectivity index is 1.57. The molecule has 1 unspecified atom stereocenters. The highest BCUT2D eigenvalue weighted by molar-refractivity contribution is 5.80. The maximum Gasteiger partial charge on any atom is 0.407 e. The number of rotatable bonds is 11. The van der Waals surface area contributed by atoms with Gasteiger partial charge in [0.15, 0.2) is 0 Å². The lowest BCUT2D eigenvalue weighted by atomic mass is 9.98. The van der Waals surface area contributed by atoms with Gasteiger partial charge in [0.05, 0.1) is 5.92 Å². The molecular weight excluding hydrogens is 420 g/mol. The average Bonchev–Trinajstić information content (AvgIpc) is 3.13. The number of carboxylic acids is 1. The van der Waals surface area contributed by atoms with Crippen molar-refractivity contribution in [1.29, 1.82) is 0 Å². The Labute approximate surface area is 194 Å². The van der Waals surface area contributed by atoms with Gasteiger partial charge in [-0.05, 0) is 28.7 Å². The van der Waals surface area contributed by atoms with Gasteiger partial charge in [-0.15, -0.1) is 0 Å². The van der Waals surface area contributed by atoms with Crippen molar-refractivity contribution in [3.05, 3.63) is 59.7 Å². The van der Waals surface area contributed by atoms with Gasteiger partial charge >= 0.3 is 12.1 Å². The van der Waals surface area contributed by atoms with Gasteiger partial charge in [-0.2, -0.15) is 0 Å². The van der Waals surface area contributed by atoms with Gasteiger partial charge in [-0.25, -0.2) is 4.79 Å². The summed E-state index contributed by atoms with van der Waals surface area (Å²) in [4.78, 5) is 35.8. The van der Waals surface area contributed by atoms with Crippen LogP contribution in [-0.2, 0) is 14.3 Å². The predicted octanol–water partition coefficient (Wildman–Crippen LogP) is 4.31. The number of carbonyl (C=O) groups excluding carboxylic acids is 2. The van der Waals surface area contributed by atoms with Crippen molar-refractivity contribution in [2.45, 2.75) is 51.5 Å². The number of benzene rings is 2. The smallest absolute Gasteiger partial charge is 0.407 e. The van der Waals surface area contributed by atoms with E-state index < -0.39 is 18.0 Å². The van der Waals surface area contributed by atoms with Crippen LogP contribution in [0.15, 0.2) is 48.5 Å². The van der Waals surface area contributed by atoms with Gasteiger partial charge < -0.3 is 20.5 Å². The molecule has 2 aromatic carbocycles. The minimum absolute atomic E-state index is 0.0296. The molecule has 0 saturated heterocycles. The molecule has 0 spiro atoms. The molecular formula is C26H32N2O5. The standard InChI is InChI=1S/C26H32N2O5/c1-3-4-9-18(14-24(29)27-15-17(2)25(30)31)28-26(32)33-16-23-21-12-7-5-10-19(21)20-11-6-8-13-22(20)23/h5-8,10-13,17-18,23H,3-4,9,14-16H2,1-2H3,(H,27,29)(H,28,32)(H,30,31)/t17?,18-/m1/s1. The van der Waals surface area contributed by atoms with E-state index in [1.165, 1.54) is 6.92 Å². The van der Waals surface area contributed by atoms with E-state index in [-0.39, 0.29) is 37.4 Å². The number of hydrogen-bond acceptors (Lipinski definition) is 4. The summed E-state index contributed by atoms with van der Waals surface area (Å²) < 4.78 is 5.60. The van der Waals surface area contributed by atoms with E-state index in [0.717, 1.165) is 35.1 Å². The molecule has 1 aliphatic rings. The Morgan fingerprint density at radius 3 is 2.21 bits per heavy atom. The van der Waals surface area contributed by atoms with E-state index in [0.29, 0.717) is 6.42 Å². The fourth-order valence-corrected chi connectivity index (χ4v) is 4.13. The van der Waals surface area contributed by atoms with Crippen LogP contribution in [0, 0.1) is 5.92 Å². The van der Waals surface area contributed by atoms with Crippen LogP contribution in [-0.4, -0.2) is 42.3 Å². The summed E-state index contributed by atoms with van der Waals surface area (Å²) in [6.45, 7) is 3.84. The van der Waals surface area contributed by atoms with Crippen molar-refractivity contribution in [3.63, 3.8) is 0 Å². The molecule has 7 nitrogen and oxygen atoms in total.